The van der Waals surface area contributed by atoms with Gasteiger partial charge in [0.15, 0.2) is 0 Å². The standard InChI is InChI=1S/C27H35N3O3S/c1-3-4-9-20(16-26(31)32)28-27(33)19-12-13-24-22(15-19)29-25(17-21-10-7-14-34-21)30(24)23-11-6-5-8-18(23)2/h7,10,12-15,18,20,23H,3-6,8-9,11,16-17H2,1-2H3,(H,28,33)(H,31,32)/t18-,20?,23?/m1/s1. The van der Waals surface area contributed by atoms with Crippen LogP contribution in [0.3, 0.4) is 0 Å². The molecule has 182 valence electrons. The number of hydrogen-bond acceptors (Lipinski definition) is 4. The van der Waals surface area contributed by atoms with E-state index in [2.05, 4.69) is 41.2 Å². The number of nitrogens with zero attached hydrogens (tertiary/aromatic N) is 2. The summed E-state index contributed by atoms with van der Waals surface area (Å²) in [4.78, 5) is 30.6. The Bertz CT molecular complexity index is 1120. The van der Waals surface area contributed by atoms with E-state index in [1.165, 1.54) is 24.1 Å². The first-order chi connectivity index (χ1) is 16.5. The Morgan fingerprint density at radius 3 is 2.79 bits per heavy atom. The largest absolute Gasteiger partial charge is 0.481 e. The molecule has 0 spiro atoms. The molecule has 1 aliphatic rings. The Kier molecular flexibility index (Phi) is 8.03. The number of fused-ring (bicyclic) bond motifs is 1. The fourth-order valence-corrected chi connectivity index (χ4v) is 5.89. The van der Waals surface area contributed by atoms with E-state index in [-0.39, 0.29) is 18.4 Å². The van der Waals surface area contributed by atoms with Crippen LogP contribution in [-0.2, 0) is 11.2 Å². The van der Waals surface area contributed by atoms with Crippen molar-refractivity contribution in [2.24, 2.45) is 5.92 Å². The molecule has 2 N–H and O–H groups in total. The van der Waals surface area contributed by atoms with Gasteiger partial charge in [0.25, 0.3) is 5.91 Å². The smallest absolute Gasteiger partial charge is 0.305 e. The van der Waals surface area contributed by atoms with E-state index >= 15 is 0 Å². The molecule has 2 heterocycles. The predicted octanol–water partition coefficient (Wildman–Crippen LogP) is 6.20. The number of thiophene rings is 1. The molecule has 1 aliphatic carbocycles. The highest BCUT2D eigenvalue weighted by Crippen LogP contribution is 2.37. The Hall–Kier alpha value is -2.67. The van der Waals surface area contributed by atoms with Gasteiger partial charge in [-0.15, -0.1) is 11.3 Å². The SMILES string of the molecule is CCCCC(CC(=O)O)NC(=O)c1ccc2c(c1)nc(Cc1cccs1)n2C1CCCC[C@H]1C. The summed E-state index contributed by atoms with van der Waals surface area (Å²) in [6.45, 7) is 4.40. The first kappa shape index (κ1) is 24.5. The Balaban J connectivity index is 1.65. The number of rotatable bonds is 10. The third kappa shape index (κ3) is 5.69. The van der Waals surface area contributed by atoms with E-state index in [1.54, 1.807) is 11.3 Å². The number of aromatic nitrogens is 2. The number of hydrogen-bond donors (Lipinski definition) is 2. The summed E-state index contributed by atoms with van der Waals surface area (Å²) in [6.07, 6.45) is 8.13. The van der Waals surface area contributed by atoms with E-state index in [0.717, 1.165) is 42.5 Å². The number of carboxylic acids is 1. The normalized spacial score (nSPS) is 19.2. The third-order valence-electron chi connectivity index (χ3n) is 7.00. The fourth-order valence-electron chi connectivity index (χ4n) is 5.19. The lowest BCUT2D eigenvalue weighted by Gasteiger charge is -2.31. The van der Waals surface area contributed by atoms with Crippen molar-refractivity contribution in [3.05, 3.63) is 52.0 Å². The highest BCUT2D eigenvalue weighted by molar-refractivity contribution is 7.09. The second kappa shape index (κ2) is 11.2. The first-order valence-electron chi connectivity index (χ1n) is 12.5. The summed E-state index contributed by atoms with van der Waals surface area (Å²) in [5.74, 6) is 0.520. The van der Waals surface area contributed by atoms with Gasteiger partial charge in [-0.25, -0.2) is 4.98 Å². The van der Waals surface area contributed by atoms with E-state index in [9.17, 15) is 14.7 Å². The van der Waals surface area contributed by atoms with Crippen LogP contribution in [-0.4, -0.2) is 32.6 Å². The molecule has 2 aromatic heterocycles. The lowest BCUT2D eigenvalue weighted by molar-refractivity contribution is -0.137. The molecule has 0 saturated heterocycles. The number of carbonyl (C=O) groups is 2. The molecule has 0 radical (unpaired) electrons. The van der Waals surface area contributed by atoms with E-state index in [0.29, 0.717) is 23.9 Å². The van der Waals surface area contributed by atoms with Gasteiger partial charge in [-0.3, -0.25) is 9.59 Å². The number of benzene rings is 1. The maximum absolute atomic E-state index is 13.0. The molecular weight excluding hydrogens is 446 g/mol. The van der Waals surface area contributed by atoms with Crippen LogP contribution in [0.15, 0.2) is 35.7 Å². The van der Waals surface area contributed by atoms with Crippen molar-refractivity contribution >= 4 is 34.2 Å². The Labute approximate surface area is 205 Å². The molecule has 6 nitrogen and oxygen atoms in total. The summed E-state index contributed by atoms with van der Waals surface area (Å²) in [6, 6.07) is 10.0. The quantitative estimate of drug-likeness (QED) is 0.361. The summed E-state index contributed by atoms with van der Waals surface area (Å²) in [7, 11) is 0. The molecule has 1 saturated carbocycles. The van der Waals surface area contributed by atoms with Crippen LogP contribution in [0.2, 0.25) is 0 Å². The zero-order valence-electron chi connectivity index (χ0n) is 20.1. The molecular formula is C27H35N3O3S. The molecule has 1 fully saturated rings. The second-order valence-electron chi connectivity index (χ2n) is 9.60. The molecule has 0 bridgehead atoms. The number of carbonyl (C=O) groups excluding carboxylic acids is 1. The molecule has 0 aliphatic heterocycles. The molecule has 1 aromatic carbocycles. The zero-order valence-corrected chi connectivity index (χ0v) is 20.9. The van der Waals surface area contributed by atoms with Gasteiger partial charge in [0.1, 0.15) is 5.82 Å². The highest BCUT2D eigenvalue weighted by Gasteiger charge is 2.27. The van der Waals surface area contributed by atoms with Gasteiger partial charge in [-0.2, -0.15) is 0 Å². The van der Waals surface area contributed by atoms with Gasteiger partial charge in [0, 0.05) is 28.9 Å². The van der Waals surface area contributed by atoms with Crippen molar-refractivity contribution in [2.45, 2.75) is 83.7 Å². The Morgan fingerprint density at radius 1 is 1.26 bits per heavy atom. The topological polar surface area (TPSA) is 84.2 Å². The summed E-state index contributed by atoms with van der Waals surface area (Å²) in [5, 5.41) is 14.3. The van der Waals surface area contributed by atoms with Crippen molar-refractivity contribution in [2.75, 3.05) is 0 Å². The molecule has 7 heteroatoms. The minimum atomic E-state index is -0.893. The number of nitrogens with one attached hydrogen (secondary N) is 1. The van der Waals surface area contributed by atoms with Crippen LogP contribution in [0, 0.1) is 5.92 Å². The van der Waals surface area contributed by atoms with Crippen LogP contribution in [0.1, 0.15) is 92.3 Å². The van der Waals surface area contributed by atoms with Crippen LogP contribution < -0.4 is 5.32 Å². The van der Waals surface area contributed by atoms with Crippen molar-refractivity contribution in [1.82, 2.24) is 14.9 Å². The van der Waals surface area contributed by atoms with Gasteiger partial charge >= 0.3 is 5.97 Å². The molecule has 3 aromatic rings. The van der Waals surface area contributed by atoms with Crippen LogP contribution in [0.25, 0.3) is 11.0 Å². The number of aliphatic carboxylic acids is 1. The fraction of sp³-hybridized carbons (Fsp3) is 0.519. The predicted molar refractivity (Wildman–Crippen MR) is 137 cm³/mol. The molecule has 3 atom stereocenters. The minimum Gasteiger partial charge on any atom is -0.481 e. The van der Waals surface area contributed by atoms with Gasteiger partial charge < -0.3 is 15.0 Å². The minimum absolute atomic E-state index is 0.0624. The molecule has 4 rings (SSSR count). The average molecular weight is 482 g/mol. The highest BCUT2D eigenvalue weighted by atomic mass is 32.1. The molecule has 1 amide bonds. The van der Waals surface area contributed by atoms with Crippen LogP contribution in [0.5, 0.6) is 0 Å². The van der Waals surface area contributed by atoms with Gasteiger partial charge in [0.2, 0.25) is 0 Å². The molecule has 2 unspecified atom stereocenters. The maximum Gasteiger partial charge on any atom is 0.305 e. The number of amides is 1. The van der Waals surface area contributed by atoms with Gasteiger partial charge in [-0.05, 0) is 54.8 Å². The molecule has 34 heavy (non-hydrogen) atoms. The van der Waals surface area contributed by atoms with Crippen LogP contribution in [0.4, 0.5) is 0 Å². The van der Waals surface area contributed by atoms with Gasteiger partial charge in [0.05, 0.1) is 17.5 Å². The summed E-state index contributed by atoms with van der Waals surface area (Å²) >= 11 is 1.74. The van der Waals surface area contributed by atoms with Gasteiger partial charge in [-0.1, -0.05) is 45.6 Å². The monoisotopic (exact) mass is 481 g/mol. The first-order valence-corrected chi connectivity index (χ1v) is 13.4. The van der Waals surface area contributed by atoms with Crippen LogP contribution >= 0.6 is 11.3 Å². The third-order valence-corrected chi connectivity index (χ3v) is 7.87. The zero-order chi connectivity index (χ0) is 24.1. The summed E-state index contributed by atoms with van der Waals surface area (Å²) in [5.41, 5.74) is 2.44. The van der Waals surface area contributed by atoms with Crippen molar-refractivity contribution in [3.8, 4) is 0 Å². The van der Waals surface area contributed by atoms with E-state index in [4.69, 9.17) is 4.98 Å². The average Bonchev–Trinajstić information content (AvgIpc) is 3.44. The number of unbranched alkanes of at least 4 members (excludes halogenated alkanes) is 1. The maximum atomic E-state index is 13.0. The second-order valence-corrected chi connectivity index (χ2v) is 10.6. The van der Waals surface area contributed by atoms with Crippen molar-refractivity contribution < 1.29 is 14.7 Å². The van der Waals surface area contributed by atoms with Crippen molar-refractivity contribution in [1.29, 1.82) is 0 Å². The van der Waals surface area contributed by atoms with E-state index < -0.39 is 5.97 Å². The number of imidazole rings is 1. The summed E-state index contributed by atoms with van der Waals surface area (Å²) < 4.78 is 2.43. The number of carboxylic acid groups (broad SMARTS) is 1. The van der Waals surface area contributed by atoms with E-state index in [1.807, 2.05) is 18.2 Å². The lowest BCUT2D eigenvalue weighted by Crippen LogP contribution is -2.36. The lowest BCUT2D eigenvalue weighted by atomic mass is 9.85. The van der Waals surface area contributed by atoms with Crippen molar-refractivity contribution in [3.63, 3.8) is 0 Å². The Morgan fingerprint density at radius 2 is 2.09 bits per heavy atom.